The van der Waals surface area contributed by atoms with Gasteiger partial charge in [-0.3, -0.25) is 14.3 Å². The Labute approximate surface area is 210 Å². The number of hydrogen-bond acceptors (Lipinski definition) is 8. The molecule has 13 heteroatoms. The maximum atomic E-state index is 13.0. The van der Waals surface area contributed by atoms with Gasteiger partial charge in [0.05, 0.1) is 6.20 Å². The van der Waals surface area contributed by atoms with Crippen LogP contribution in [0.25, 0.3) is 0 Å². The molecular formula is C23H27F2N7O3S. The fourth-order valence-electron chi connectivity index (χ4n) is 3.34. The van der Waals surface area contributed by atoms with Crippen LogP contribution in [0.15, 0.2) is 30.5 Å². The molecule has 0 aliphatic heterocycles. The summed E-state index contributed by atoms with van der Waals surface area (Å²) in [6.07, 6.45) is 2.91. The van der Waals surface area contributed by atoms with Gasteiger partial charge < -0.3 is 15.4 Å². The Morgan fingerprint density at radius 3 is 2.78 bits per heavy atom. The molecule has 10 nitrogen and oxygen atoms in total. The summed E-state index contributed by atoms with van der Waals surface area (Å²) in [5, 5.41) is 22.7. The fraction of sp³-hybridized carbons (Fsp3) is 0.478. The maximum Gasteiger partial charge on any atom is 0.394 e. The number of nitrogens with zero attached hydrogens (tertiary/aromatic N) is 5. The van der Waals surface area contributed by atoms with Crippen molar-refractivity contribution in [2.24, 2.45) is 5.92 Å². The minimum atomic E-state index is -3.29. The van der Waals surface area contributed by atoms with E-state index < -0.39 is 12.0 Å². The molecule has 0 radical (unpaired) electrons. The normalized spacial score (nSPS) is 13.4. The van der Waals surface area contributed by atoms with E-state index in [9.17, 15) is 18.4 Å². The Morgan fingerprint density at radius 2 is 2.00 bits per heavy atom. The van der Waals surface area contributed by atoms with Gasteiger partial charge in [-0.05, 0) is 49.3 Å². The van der Waals surface area contributed by atoms with Crippen LogP contribution in [0.3, 0.4) is 0 Å². The van der Waals surface area contributed by atoms with Crippen molar-refractivity contribution < 1.29 is 23.1 Å². The van der Waals surface area contributed by atoms with Crippen LogP contribution in [0, 0.1) is 5.92 Å². The Hall–Kier alpha value is -3.48. The molecule has 1 aromatic carbocycles. The molecule has 2 N–H and O–H groups in total. The zero-order chi connectivity index (χ0) is 25.5. The number of halogens is 2. The molecule has 192 valence electrons. The van der Waals surface area contributed by atoms with Gasteiger partial charge in [-0.15, -0.1) is 15.3 Å². The van der Waals surface area contributed by atoms with Crippen LogP contribution in [0.2, 0.25) is 0 Å². The lowest BCUT2D eigenvalue weighted by Gasteiger charge is -2.13. The second-order valence-corrected chi connectivity index (χ2v) is 9.78. The second-order valence-electron chi connectivity index (χ2n) is 8.72. The van der Waals surface area contributed by atoms with E-state index in [0.717, 1.165) is 17.8 Å². The van der Waals surface area contributed by atoms with Gasteiger partial charge in [-0.25, -0.2) is 0 Å². The lowest BCUT2D eigenvalue weighted by Crippen LogP contribution is -2.25. The number of aryl methyl sites for hydroxylation is 2. The van der Waals surface area contributed by atoms with Crippen molar-refractivity contribution in [2.45, 2.75) is 58.2 Å². The molecule has 1 saturated carbocycles. The van der Waals surface area contributed by atoms with Crippen molar-refractivity contribution in [2.75, 3.05) is 6.54 Å². The van der Waals surface area contributed by atoms with Crippen LogP contribution < -0.4 is 15.4 Å². The fourth-order valence-corrected chi connectivity index (χ4v) is 4.14. The molecule has 1 aliphatic rings. The summed E-state index contributed by atoms with van der Waals surface area (Å²) in [6, 6.07) is 6.13. The van der Waals surface area contributed by atoms with Crippen LogP contribution >= 0.6 is 11.3 Å². The minimum absolute atomic E-state index is 0.0155. The highest BCUT2D eigenvalue weighted by atomic mass is 32.1. The minimum Gasteiger partial charge on any atom is -0.433 e. The number of rotatable bonds is 13. The van der Waals surface area contributed by atoms with Gasteiger partial charge in [0.1, 0.15) is 10.8 Å². The third-order valence-corrected chi connectivity index (χ3v) is 6.34. The molecule has 4 rings (SSSR count). The zero-order valence-electron chi connectivity index (χ0n) is 19.7. The third-order valence-electron chi connectivity index (χ3n) is 5.36. The summed E-state index contributed by atoms with van der Waals surface area (Å²) < 4.78 is 32.2. The summed E-state index contributed by atoms with van der Waals surface area (Å²) in [4.78, 5) is 24.4. The summed E-state index contributed by atoms with van der Waals surface area (Å²) in [7, 11) is 0. The van der Waals surface area contributed by atoms with Crippen LogP contribution in [0.5, 0.6) is 5.75 Å². The number of hydrogen-bond donors (Lipinski definition) is 2. The molecule has 0 atom stereocenters. The number of amides is 2. The zero-order valence-corrected chi connectivity index (χ0v) is 20.6. The van der Waals surface area contributed by atoms with Crippen molar-refractivity contribution in [3.05, 3.63) is 51.7 Å². The van der Waals surface area contributed by atoms with Gasteiger partial charge in [0.2, 0.25) is 5.01 Å². The Kier molecular flexibility index (Phi) is 8.18. The van der Waals surface area contributed by atoms with Gasteiger partial charge >= 0.3 is 6.11 Å². The van der Waals surface area contributed by atoms with Crippen molar-refractivity contribution in [1.29, 1.82) is 0 Å². The van der Waals surface area contributed by atoms with E-state index in [1.807, 2.05) is 0 Å². The predicted octanol–water partition coefficient (Wildman–Crippen LogP) is 3.21. The first kappa shape index (κ1) is 25.6. The quantitative estimate of drug-likeness (QED) is 0.332. The first-order valence-electron chi connectivity index (χ1n) is 11.7. The number of carbonyl (C=O) groups excluding carboxylic acids is 2. The number of benzene rings is 1. The molecule has 2 heterocycles. The largest absolute Gasteiger partial charge is 0.433 e. The van der Waals surface area contributed by atoms with Crippen LogP contribution in [-0.4, -0.2) is 49.7 Å². The number of alkyl halides is 2. The van der Waals surface area contributed by atoms with E-state index in [1.54, 1.807) is 23.0 Å². The van der Waals surface area contributed by atoms with Crippen molar-refractivity contribution in [3.63, 3.8) is 0 Å². The topological polar surface area (TPSA) is 124 Å². The second kappa shape index (κ2) is 11.5. The summed E-state index contributed by atoms with van der Waals surface area (Å²) in [5.74, 6) is 0.0416. The number of aromatic nitrogens is 5. The highest BCUT2D eigenvalue weighted by molar-refractivity contribution is 7.13. The molecule has 0 saturated heterocycles. The van der Waals surface area contributed by atoms with E-state index in [1.165, 1.54) is 36.3 Å². The van der Waals surface area contributed by atoms with Crippen LogP contribution in [0.1, 0.15) is 63.5 Å². The molecular weight excluding hydrogens is 492 g/mol. The van der Waals surface area contributed by atoms with Crippen LogP contribution in [0.4, 0.5) is 8.78 Å². The highest BCUT2D eigenvalue weighted by Gasteiger charge is 2.24. The van der Waals surface area contributed by atoms with Gasteiger partial charge in [-0.2, -0.15) is 8.78 Å². The number of nitrogens with one attached hydrogen (secondary N) is 2. The Bertz CT molecular complexity index is 1190. The summed E-state index contributed by atoms with van der Waals surface area (Å²) in [5.41, 5.74) is 0.770. The van der Waals surface area contributed by atoms with Gasteiger partial charge in [0, 0.05) is 33.0 Å². The highest BCUT2D eigenvalue weighted by Crippen LogP contribution is 2.27. The van der Waals surface area contributed by atoms with E-state index >= 15 is 0 Å². The predicted molar refractivity (Wildman–Crippen MR) is 127 cm³/mol. The van der Waals surface area contributed by atoms with Crippen LogP contribution in [-0.2, 0) is 19.5 Å². The standard InChI is InChI=1S/C23H27F2N7O3S/c1-23(24,25)35-17-6-4-5-16(11-17)13-26-20(33)18-14-32(31-28-18)10-3-2-7-19-29-30-22(36-19)21(34)27-12-15-8-9-15/h4-6,11,14-15H,2-3,7-10,12-13H2,1H3,(H,26,33)(H,27,34). The molecule has 36 heavy (non-hydrogen) atoms. The Balaban J connectivity index is 1.16. The first-order valence-corrected chi connectivity index (χ1v) is 12.5. The third kappa shape index (κ3) is 8.04. The van der Waals surface area contributed by atoms with Crippen molar-refractivity contribution >= 4 is 23.2 Å². The number of carbonyl (C=O) groups is 2. The first-order chi connectivity index (χ1) is 17.2. The average Bonchev–Trinajstić information content (AvgIpc) is 3.33. The lowest BCUT2D eigenvalue weighted by atomic mass is 10.2. The SMILES string of the molecule is CC(F)(F)Oc1cccc(CNC(=O)c2cn(CCCCc3nnc(C(=O)NCC4CC4)s3)nn2)c1. The molecule has 1 aliphatic carbocycles. The van der Waals surface area contributed by atoms with Crippen molar-refractivity contribution in [1.82, 2.24) is 35.8 Å². The average molecular weight is 520 g/mol. The maximum absolute atomic E-state index is 13.0. The van der Waals surface area contributed by atoms with E-state index in [-0.39, 0.29) is 23.9 Å². The van der Waals surface area contributed by atoms with Gasteiger partial charge in [0.15, 0.2) is 5.69 Å². The monoisotopic (exact) mass is 519 g/mol. The smallest absolute Gasteiger partial charge is 0.394 e. The molecule has 1 fully saturated rings. The molecule has 3 aromatic rings. The number of ether oxygens (including phenoxy) is 1. The molecule has 0 unspecified atom stereocenters. The van der Waals surface area contributed by atoms with Gasteiger partial charge in [0.25, 0.3) is 11.8 Å². The van der Waals surface area contributed by atoms with E-state index in [2.05, 4.69) is 35.9 Å². The van der Waals surface area contributed by atoms with Crippen molar-refractivity contribution in [3.8, 4) is 5.75 Å². The summed E-state index contributed by atoms with van der Waals surface area (Å²) in [6.45, 7) is 2.06. The Morgan fingerprint density at radius 1 is 1.17 bits per heavy atom. The molecule has 2 aromatic heterocycles. The molecule has 2 amide bonds. The van der Waals surface area contributed by atoms with Gasteiger partial charge in [-0.1, -0.05) is 28.7 Å². The number of unbranched alkanes of at least 4 members (excludes halogenated alkanes) is 1. The van der Waals surface area contributed by atoms with E-state index in [0.29, 0.717) is 42.9 Å². The lowest BCUT2D eigenvalue weighted by molar-refractivity contribution is -0.159. The molecule has 0 bridgehead atoms. The van der Waals surface area contributed by atoms with E-state index in [4.69, 9.17) is 0 Å². The summed E-state index contributed by atoms with van der Waals surface area (Å²) >= 11 is 1.31. The molecule has 0 spiro atoms.